The van der Waals surface area contributed by atoms with Crippen LogP contribution in [-0.2, 0) is 0 Å². The van der Waals surface area contributed by atoms with Crippen molar-refractivity contribution in [2.45, 2.75) is 6.92 Å². The van der Waals surface area contributed by atoms with Crippen LogP contribution in [0.2, 0.25) is 0 Å². The maximum Gasteiger partial charge on any atom is 0.271 e. The number of nitrogens with one attached hydrogen (secondary N) is 1. The second-order valence-electron chi connectivity index (χ2n) is 4.37. The van der Waals surface area contributed by atoms with Crippen molar-refractivity contribution in [1.29, 1.82) is 0 Å². The molecule has 2 rings (SSSR count). The minimum absolute atomic E-state index is 0.255. The van der Waals surface area contributed by atoms with Crippen molar-refractivity contribution in [2.75, 3.05) is 7.11 Å². The highest BCUT2D eigenvalue weighted by Crippen LogP contribution is 2.12. The summed E-state index contributed by atoms with van der Waals surface area (Å²) in [6.45, 7) is 1.84. The highest BCUT2D eigenvalue weighted by molar-refractivity contribution is 9.10. The topological polar surface area (TPSA) is 50.7 Å². The Hall–Kier alpha value is -2.14. The van der Waals surface area contributed by atoms with E-state index in [1.165, 1.54) is 0 Å². The monoisotopic (exact) mass is 346 g/mol. The van der Waals surface area contributed by atoms with Crippen LogP contribution < -0.4 is 10.2 Å². The molecule has 1 amide bonds. The van der Waals surface area contributed by atoms with Crippen molar-refractivity contribution < 1.29 is 9.53 Å². The van der Waals surface area contributed by atoms with E-state index in [0.29, 0.717) is 11.3 Å². The fraction of sp³-hybridized carbons (Fsp3) is 0.125. The van der Waals surface area contributed by atoms with Gasteiger partial charge in [-0.25, -0.2) is 5.43 Å². The van der Waals surface area contributed by atoms with Gasteiger partial charge in [0.2, 0.25) is 0 Å². The van der Waals surface area contributed by atoms with E-state index >= 15 is 0 Å². The van der Waals surface area contributed by atoms with Crippen molar-refractivity contribution in [1.82, 2.24) is 5.43 Å². The number of halogens is 1. The minimum Gasteiger partial charge on any atom is -0.497 e. The summed E-state index contributed by atoms with van der Waals surface area (Å²) in [6, 6.07) is 14.6. The van der Waals surface area contributed by atoms with Crippen molar-refractivity contribution in [2.24, 2.45) is 5.10 Å². The van der Waals surface area contributed by atoms with Crippen LogP contribution in [0.15, 0.2) is 58.1 Å². The van der Waals surface area contributed by atoms with Gasteiger partial charge in [0.1, 0.15) is 5.75 Å². The molecule has 0 unspecified atom stereocenters. The van der Waals surface area contributed by atoms with E-state index in [1.807, 2.05) is 31.2 Å². The zero-order valence-electron chi connectivity index (χ0n) is 11.8. The number of methoxy groups -OCH3 is 1. The van der Waals surface area contributed by atoms with Crippen LogP contribution in [0.25, 0.3) is 0 Å². The van der Waals surface area contributed by atoms with Gasteiger partial charge in [0.15, 0.2) is 0 Å². The van der Waals surface area contributed by atoms with Crippen molar-refractivity contribution >= 4 is 27.5 Å². The van der Waals surface area contributed by atoms with Gasteiger partial charge in [-0.2, -0.15) is 5.10 Å². The summed E-state index contributed by atoms with van der Waals surface area (Å²) in [5, 5.41) is 4.11. The SMILES string of the molecule is COc1ccc(C(=O)N/N=C(/C)c2ccc(Br)cc2)cc1. The summed E-state index contributed by atoms with van der Waals surface area (Å²) in [5.41, 5.74) is 4.77. The largest absolute Gasteiger partial charge is 0.497 e. The third-order valence-corrected chi connectivity index (χ3v) is 3.47. The Kier molecular flexibility index (Phi) is 5.11. The van der Waals surface area contributed by atoms with Crippen LogP contribution in [-0.4, -0.2) is 18.7 Å². The summed E-state index contributed by atoms with van der Waals surface area (Å²) in [7, 11) is 1.58. The van der Waals surface area contributed by atoms with Crippen LogP contribution in [0, 0.1) is 0 Å². The van der Waals surface area contributed by atoms with E-state index in [-0.39, 0.29) is 5.91 Å². The second-order valence-corrected chi connectivity index (χ2v) is 5.29. The highest BCUT2D eigenvalue weighted by Gasteiger charge is 2.05. The van der Waals surface area contributed by atoms with Gasteiger partial charge in [-0.3, -0.25) is 4.79 Å². The number of hydrogen-bond acceptors (Lipinski definition) is 3. The molecule has 0 spiro atoms. The van der Waals surface area contributed by atoms with Gasteiger partial charge in [0.25, 0.3) is 5.91 Å². The molecule has 0 saturated carbocycles. The van der Waals surface area contributed by atoms with E-state index in [4.69, 9.17) is 4.74 Å². The average Bonchev–Trinajstić information content (AvgIpc) is 2.53. The Morgan fingerprint density at radius 1 is 1.05 bits per heavy atom. The Balaban J connectivity index is 2.04. The van der Waals surface area contributed by atoms with Gasteiger partial charge in [-0.1, -0.05) is 28.1 Å². The summed E-state index contributed by atoms with van der Waals surface area (Å²) in [6.07, 6.45) is 0. The lowest BCUT2D eigenvalue weighted by Crippen LogP contribution is -2.19. The van der Waals surface area contributed by atoms with E-state index < -0.39 is 0 Å². The minimum atomic E-state index is -0.255. The van der Waals surface area contributed by atoms with Crippen molar-refractivity contribution in [3.63, 3.8) is 0 Å². The Labute approximate surface area is 132 Å². The number of carbonyl (C=O) groups is 1. The molecule has 0 aliphatic rings. The Bertz CT molecular complexity index is 649. The van der Waals surface area contributed by atoms with Crippen molar-refractivity contribution in [3.8, 4) is 5.75 Å². The number of ether oxygens (including phenoxy) is 1. The highest BCUT2D eigenvalue weighted by atomic mass is 79.9. The zero-order chi connectivity index (χ0) is 15.2. The molecular formula is C16H15BrN2O2. The maximum absolute atomic E-state index is 12.0. The maximum atomic E-state index is 12.0. The third-order valence-electron chi connectivity index (χ3n) is 2.94. The van der Waals surface area contributed by atoms with Gasteiger partial charge in [-0.15, -0.1) is 0 Å². The van der Waals surface area contributed by atoms with Gasteiger partial charge in [0.05, 0.1) is 12.8 Å². The molecule has 2 aromatic carbocycles. The predicted octanol–water partition coefficient (Wildman–Crippen LogP) is 3.61. The summed E-state index contributed by atoms with van der Waals surface area (Å²) >= 11 is 3.38. The Morgan fingerprint density at radius 3 is 2.19 bits per heavy atom. The number of benzene rings is 2. The fourth-order valence-electron chi connectivity index (χ4n) is 1.70. The zero-order valence-corrected chi connectivity index (χ0v) is 13.3. The van der Waals surface area contributed by atoms with Crippen molar-refractivity contribution in [3.05, 3.63) is 64.1 Å². The van der Waals surface area contributed by atoms with Crippen LogP contribution >= 0.6 is 15.9 Å². The lowest BCUT2D eigenvalue weighted by atomic mass is 10.1. The molecule has 108 valence electrons. The normalized spacial score (nSPS) is 11.1. The molecule has 0 heterocycles. The molecule has 0 atom stereocenters. The fourth-order valence-corrected chi connectivity index (χ4v) is 1.96. The molecule has 1 N–H and O–H groups in total. The standard InChI is InChI=1S/C16H15BrN2O2/c1-11(12-3-7-14(17)8-4-12)18-19-16(20)13-5-9-15(21-2)10-6-13/h3-10H,1-2H3,(H,19,20)/b18-11-. The quantitative estimate of drug-likeness (QED) is 0.679. The first-order valence-corrected chi connectivity index (χ1v) is 7.14. The van der Waals surface area contributed by atoms with E-state index in [9.17, 15) is 4.79 Å². The van der Waals surface area contributed by atoms with E-state index in [2.05, 4.69) is 26.5 Å². The summed E-state index contributed by atoms with van der Waals surface area (Å²) < 4.78 is 6.05. The van der Waals surface area contributed by atoms with Gasteiger partial charge in [-0.05, 0) is 48.9 Å². The summed E-state index contributed by atoms with van der Waals surface area (Å²) in [5.74, 6) is 0.454. The molecule has 0 fully saturated rings. The first kappa shape index (κ1) is 15.3. The number of rotatable bonds is 4. The first-order chi connectivity index (χ1) is 10.1. The van der Waals surface area contributed by atoms with Crippen LogP contribution in [0.4, 0.5) is 0 Å². The number of hydrazone groups is 1. The number of carbonyl (C=O) groups excluding carboxylic acids is 1. The van der Waals surface area contributed by atoms with Gasteiger partial charge >= 0.3 is 0 Å². The number of nitrogens with zero attached hydrogens (tertiary/aromatic N) is 1. The molecule has 0 bridgehead atoms. The van der Waals surface area contributed by atoms with Crippen LogP contribution in [0.1, 0.15) is 22.8 Å². The molecule has 5 heteroatoms. The average molecular weight is 347 g/mol. The first-order valence-electron chi connectivity index (χ1n) is 6.35. The van der Waals surface area contributed by atoms with Crippen LogP contribution in [0.5, 0.6) is 5.75 Å². The molecule has 21 heavy (non-hydrogen) atoms. The van der Waals surface area contributed by atoms with Crippen LogP contribution in [0.3, 0.4) is 0 Å². The molecule has 0 radical (unpaired) electrons. The van der Waals surface area contributed by atoms with Gasteiger partial charge < -0.3 is 4.74 Å². The molecular weight excluding hydrogens is 332 g/mol. The van der Waals surface area contributed by atoms with E-state index in [0.717, 1.165) is 15.7 Å². The molecule has 2 aromatic rings. The lowest BCUT2D eigenvalue weighted by molar-refractivity contribution is 0.0955. The molecule has 4 nitrogen and oxygen atoms in total. The molecule has 0 aliphatic heterocycles. The number of amides is 1. The molecule has 0 aliphatic carbocycles. The number of hydrogen-bond donors (Lipinski definition) is 1. The molecule has 0 aromatic heterocycles. The Morgan fingerprint density at radius 2 is 1.62 bits per heavy atom. The predicted molar refractivity (Wildman–Crippen MR) is 86.8 cm³/mol. The smallest absolute Gasteiger partial charge is 0.271 e. The third kappa shape index (κ3) is 4.16. The van der Waals surface area contributed by atoms with E-state index in [1.54, 1.807) is 31.4 Å². The summed E-state index contributed by atoms with van der Waals surface area (Å²) in [4.78, 5) is 12.0. The molecule has 0 saturated heterocycles. The lowest BCUT2D eigenvalue weighted by Gasteiger charge is -2.04. The second kappa shape index (κ2) is 7.04. The van der Waals surface area contributed by atoms with Gasteiger partial charge in [0, 0.05) is 10.0 Å².